The third kappa shape index (κ3) is 5.98. The molecule has 0 aliphatic heterocycles. The summed E-state index contributed by atoms with van der Waals surface area (Å²) in [6.07, 6.45) is 1.45. The summed E-state index contributed by atoms with van der Waals surface area (Å²) in [6, 6.07) is 5.13. The largest absolute Gasteiger partial charge is 0.269 e. The van der Waals surface area contributed by atoms with Crippen molar-refractivity contribution >= 4 is 25.7 Å². The molecule has 1 rings (SSSR count). The zero-order chi connectivity index (χ0) is 16.1. The third-order valence-corrected chi connectivity index (χ3v) is 5.39. The molecule has 0 saturated carbocycles. The van der Waals surface area contributed by atoms with E-state index in [1.165, 1.54) is 18.2 Å². The fraction of sp³-hybridized carbons (Fsp3) is 0.500. The molecule has 0 radical (unpaired) electrons. The van der Waals surface area contributed by atoms with Crippen molar-refractivity contribution in [2.45, 2.75) is 13.3 Å². The van der Waals surface area contributed by atoms with Gasteiger partial charge in [0.15, 0.2) is 0 Å². The first-order chi connectivity index (χ1) is 9.65. The summed E-state index contributed by atoms with van der Waals surface area (Å²) >= 11 is 0. The Morgan fingerprint density at radius 2 is 1.90 bits per heavy atom. The van der Waals surface area contributed by atoms with E-state index in [9.17, 15) is 21.2 Å². The first kappa shape index (κ1) is 17.9. The van der Waals surface area contributed by atoms with Gasteiger partial charge in [-0.15, -0.1) is 0 Å². The summed E-state index contributed by atoms with van der Waals surface area (Å²) in [5, 5.41) is 0. The maximum atomic E-state index is 13.2. The summed E-state index contributed by atoms with van der Waals surface area (Å²) in [4.78, 5) is 0. The van der Waals surface area contributed by atoms with Crippen molar-refractivity contribution < 1.29 is 21.2 Å². The average molecular weight is 338 g/mol. The van der Waals surface area contributed by atoms with E-state index < -0.39 is 25.9 Å². The highest BCUT2D eigenvalue weighted by Gasteiger charge is 2.18. The quantitative estimate of drug-likeness (QED) is 0.764. The second-order valence-electron chi connectivity index (χ2n) is 4.53. The van der Waals surface area contributed by atoms with Gasteiger partial charge >= 0.3 is 0 Å². The fourth-order valence-corrected chi connectivity index (χ4v) is 3.76. The lowest BCUT2D eigenvalue weighted by Crippen LogP contribution is -2.38. The summed E-state index contributed by atoms with van der Waals surface area (Å²) < 4.78 is 63.0. The highest BCUT2D eigenvalue weighted by Crippen LogP contribution is 2.17. The molecule has 0 heterocycles. The Morgan fingerprint density at radius 3 is 2.43 bits per heavy atom. The predicted molar refractivity (Wildman–Crippen MR) is 80.7 cm³/mol. The van der Waals surface area contributed by atoms with Crippen LogP contribution in [0.5, 0.6) is 0 Å². The lowest BCUT2D eigenvalue weighted by molar-refractivity contribution is 0.577. The molecule has 21 heavy (non-hydrogen) atoms. The molecule has 120 valence electrons. The monoisotopic (exact) mass is 338 g/mol. The average Bonchev–Trinajstić information content (AvgIpc) is 2.33. The van der Waals surface area contributed by atoms with Crippen LogP contribution in [0.2, 0.25) is 0 Å². The first-order valence-corrected chi connectivity index (χ1v) is 9.86. The van der Waals surface area contributed by atoms with Crippen LogP contribution < -0.4 is 9.03 Å². The molecule has 0 unspecified atom stereocenters. The van der Waals surface area contributed by atoms with Crippen molar-refractivity contribution in [3.63, 3.8) is 0 Å². The van der Waals surface area contributed by atoms with E-state index >= 15 is 0 Å². The summed E-state index contributed by atoms with van der Waals surface area (Å²) in [7, 11) is -7.04. The number of anilines is 1. The second kappa shape index (κ2) is 7.19. The molecule has 1 aromatic rings. The van der Waals surface area contributed by atoms with Crippen LogP contribution in [0.3, 0.4) is 0 Å². The SMILES string of the molecule is CCCS(=O)(=O)NCCN(c1cccc(F)c1)S(C)(=O)=O. The highest BCUT2D eigenvalue weighted by molar-refractivity contribution is 7.92. The van der Waals surface area contributed by atoms with Crippen LogP contribution >= 0.6 is 0 Å². The smallest absolute Gasteiger partial charge is 0.232 e. The summed E-state index contributed by atoms with van der Waals surface area (Å²) in [5.74, 6) is -0.584. The van der Waals surface area contributed by atoms with Gasteiger partial charge in [-0.3, -0.25) is 4.31 Å². The van der Waals surface area contributed by atoms with Crippen molar-refractivity contribution in [2.75, 3.05) is 29.4 Å². The normalized spacial score (nSPS) is 12.3. The Labute approximate surface area is 125 Å². The first-order valence-electron chi connectivity index (χ1n) is 6.36. The van der Waals surface area contributed by atoms with Gasteiger partial charge in [-0.05, 0) is 24.6 Å². The molecule has 0 aliphatic carbocycles. The highest BCUT2D eigenvalue weighted by atomic mass is 32.2. The number of sulfonamides is 2. The van der Waals surface area contributed by atoms with Crippen LogP contribution in [0.25, 0.3) is 0 Å². The molecule has 0 bridgehead atoms. The van der Waals surface area contributed by atoms with Gasteiger partial charge < -0.3 is 0 Å². The maximum absolute atomic E-state index is 13.2. The number of rotatable bonds is 8. The summed E-state index contributed by atoms with van der Waals surface area (Å²) in [5.41, 5.74) is 0.159. The molecule has 0 spiro atoms. The standard InChI is InChI=1S/C12H19FN2O4S2/c1-3-9-21(18,19)14-7-8-15(20(2,16)17)12-6-4-5-11(13)10-12/h4-6,10,14H,3,7-9H2,1-2H3. The zero-order valence-corrected chi connectivity index (χ0v) is 13.5. The lowest BCUT2D eigenvalue weighted by atomic mass is 10.3. The van der Waals surface area contributed by atoms with E-state index in [0.29, 0.717) is 6.42 Å². The number of hydrogen-bond acceptors (Lipinski definition) is 4. The van der Waals surface area contributed by atoms with Crippen molar-refractivity contribution in [3.8, 4) is 0 Å². The second-order valence-corrected chi connectivity index (χ2v) is 8.36. The Kier molecular flexibility index (Phi) is 6.11. The number of nitrogens with one attached hydrogen (secondary N) is 1. The van der Waals surface area contributed by atoms with Gasteiger partial charge in [-0.2, -0.15) is 0 Å². The molecule has 0 saturated heterocycles. The van der Waals surface area contributed by atoms with Crippen molar-refractivity contribution in [1.82, 2.24) is 4.72 Å². The van der Waals surface area contributed by atoms with Crippen LogP contribution in [-0.4, -0.2) is 41.9 Å². The molecule has 0 atom stereocenters. The van der Waals surface area contributed by atoms with Crippen LogP contribution in [0.4, 0.5) is 10.1 Å². The third-order valence-electron chi connectivity index (χ3n) is 2.61. The van der Waals surface area contributed by atoms with Crippen molar-refractivity contribution in [3.05, 3.63) is 30.1 Å². The molecule has 0 aliphatic rings. The molecule has 6 nitrogen and oxygen atoms in total. The van der Waals surface area contributed by atoms with E-state index in [2.05, 4.69) is 4.72 Å². The molecule has 1 aromatic carbocycles. The lowest BCUT2D eigenvalue weighted by Gasteiger charge is -2.22. The zero-order valence-electron chi connectivity index (χ0n) is 11.9. The van der Waals surface area contributed by atoms with E-state index in [4.69, 9.17) is 0 Å². The van der Waals surface area contributed by atoms with Gasteiger partial charge in [0.2, 0.25) is 20.0 Å². The maximum Gasteiger partial charge on any atom is 0.232 e. The predicted octanol–water partition coefficient (Wildman–Crippen LogP) is 0.921. The van der Waals surface area contributed by atoms with Gasteiger partial charge in [0, 0.05) is 13.1 Å². The summed E-state index contributed by atoms with van der Waals surface area (Å²) in [6.45, 7) is 1.55. The Bertz CT molecular complexity index is 674. The number of benzene rings is 1. The van der Waals surface area contributed by atoms with Crippen molar-refractivity contribution in [2.24, 2.45) is 0 Å². The minimum Gasteiger partial charge on any atom is -0.269 e. The Balaban J connectivity index is 2.83. The molecular formula is C12H19FN2O4S2. The minimum atomic E-state index is -3.63. The van der Waals surface area contributed by atoms with Gasteiger partial charge in [0.05, 0.1) is 17.7 Å². The molecule has 1 N–H and O–H groups in total. The van der Waals surface area contributed by atoms with Crippen LogP contribution in [0.1, 0.15) is 13.3 Å². The Morgan fingerprint density at radius 1 is 1.24 bits per heavy atom. The molecule has 0 aromatic heterocycles. The van der Waals surface area contributed by atoms with Gasteiger partial charge in [-0.1, -0.05) is 13.0 Å². The molecule has 9 heteroatoms. The minimum absolute atomic E-state index is 0.0220. The molecule has 0 fully saturated rings. The van der Waals surface area contributed by atoms with E-state index in [1.54, 1.807) is 6.92 Å². The van der Waals surface area contributed by atoms with Gasteiger partial charge in [0.25, 0.3) is 0 Å². The topological polar surface area (TPSA) is 83.6 Å². The molecular weight excluding hydrogens is 319 g/mol. The fourth-order valence-electron chi connectivity index (χ4n) is 1.76. The van der Waals surface area contributed by atoms with Gasteiger partial charge in [0.1, 0.15) is 5.82 Å². The number of nitrogens with zero attached hydrogens (tertiary/aromatic N) is 1. The number of halogens is 1. The van der Waals surface area contributed by atoms with Crippen LogP contribution in [-0.2, 0) is 20.0 Å². The Hall–Kier alpha value is -1.19. The van der Waals surface area contributed by atoms with E-state index in [-0.39, 0.29) is 24.5 Å². The van der Waals surface area contributed by atoms with E-state index in [1.807, 2.05) is 0 Å². The van der Waals surface area contributed by atoms with E-state index in [0.717, 1.165) is 16.6 Å². The van der Waals surface area contributed by atoms with Crippen LogP contribution in [0.15, 0.2) is 24.3 Å². The molecule has 0 amide bonds. The number of hydrogen-bond donors (Lipinski definition) is 1. The van der Waals surface area contributed by atoms with Crippen LogP contribution in [0, 0.1) is 5.82 Å². The van der Waals surface area contributed by atoms with Gasteiger partial charge in [-0.25, -0.2) is 25.9 Å². The van der Waals surface area contributed by atoms with Crippen molar-refractivity contribution in [1.29, 1.82) is 0 Å².